The van der Waals surface area contributed by atoms with Crippen molar-refractivity contribution in [3.05, 3.63) is 51.3 Å². The second-order valence-corrected chi connectivity index (χ2v) is 14.3. The maximum Gasteiger partial charge on any atom is 0.410 e. The van der Waals surface area contributed by atoms with E-state index in [-0.39, 0.29) is 17.3 Å². The molecule has 1 saturated heterocycles. The number of ether oxygens (including phenoxy) is 1. The van der Waals surface area contributed by atoms with Gasteiger partial charge in [0.25, 0.3) is 0 Å². The Morgan fingerprint density at radius 3 is 2.68 bits per heavy atom. The number of amides is 2. The van der Waals surface area contributed by atoms with Gasteiger partial charge in [0.1, 0.15) is 11.6 Å². The first-order chi connectivity index (χ1) is 17.3. The molecule has 1 aromatic carbocycles. The Kier molecular flexibility index (Phi) is 8.33. The van der Waals surface area contributed by atoms with Crippen LogP contribution in [-0.2, 0) is 32.5 Å². The number of halogens is 1. The lowest BCUT2D eigenvalue weighted by atomic mass is 10.0. The zero-order valence-electron chi connectivity index (χ0n) is 21.6. The molecule has 2 amide bonds. The molecule has 2 atom stereocenters. The topological polar surface area (TPSA) is 87.2 Å². The molecule has 8 nitrogen and oxygen atoms in total. The molecule has 1 fully saturated rings. The Labute approximate surface area is 228 Å². The highest BCUT2D eigenvalue weighted by Gasteiger charge is 2.39. The van der Waals surface area contributed by atoms with E-state index in [0.717, 1.165) is 29.7 Å². The summed E-state index contributed by atoms with van der Waals surface area (Å²) in [5.74, 6) is -0.233. The van der Waals surface area contributed by atoms with Crippen LogP contribution in [-0.4, -0.2) is 66.7 Å². The third-order valence-electron chi connectivity index (χ3n) is 6.65. The molecule has 1 unspecified atom stereocenters. The van der Waals surface area contributed by atoms with Gasteiger partial charge in [-0.25, -0.2) is 13.2 Å². The van der Waals surface area contributed by atoms with E-state index in [4.69, 9.17) is 16.3 Å². The Bertz CT molecular complexity index is 1230. The molecule has 3 aliphatic heterocycles. The summed E-state index contributed by atoms with van der Waals surface area (Å²) in [4.78, 5) is 29.3. The number of sulfonamides is 1. The van der Waals surface area contributed by atoms with Crippen molar-refractivity contribution in [3.63, 3.8) is 0 Å². The third kappa shape index (κ3) is 6.71. The standard InChI is InChI=1S/C26H34ClN3O5S2/c1-26(2,3)35-25(32)29-13-5-6-18-16-20(8-7-19(18)17-29)30-14-11-22(24(30)31)28(4)37(33,34)15-12-21-9-10-23(27)36-21/h7-8,10,12,15-16,21-22H,5-6,9,11,13-14,17H2,1-4H3/b15-12+/t21?,22-/m0/s1. The second-order valence-electron chi connectivity index (χ2n) is 10.5. The van der Waals surface area contributed by atoms with E-state index in [0.29, 0.717) is 36.8 Å². The largest absolute Gasteiger partial charge is 0.444 e. The quantitative estimate of drug-likeness (QED) is 0.506. The predicted octanol–water partition coefficient (Wildman–Crippen LogP) is 4.84. The van der Waals surface area contributed by atoms with Crippen molar-refractivity contribution in [3.8, 4) is 0 Å². The second kappa shape index (κ2) is 11.0. The van der Waals surface area contributed by atoms with Crippen molar-refractivity contribution in [1.82, 2.24) is 9.21 Å². The van der Waals surface area contributed by atoms with Crippen LogP contribution in [0.15, 0.2) is 40.1 Å². The summed E-state index contributed by atoms with van der Waals surface area (Å²) >= 11 is 7.39. The molecule has 11 heteroatoms. The highest BCUT2D eigenvalue weighted by atomic mass is 35.5. The third-order valence-corrected chi connectivity index (χ3v) is 9.67. The maximum absolute atomic E-state index is 13.3. The fourth-order valence-electron chi connectivity index (χ4n) is 4.68. The highest BCUT2D eigenvalue weighted by molar-refractivity contribution is 8.05. The van der Waals surface area contributed by atoms with Gasteiger partial charge in [-0.2, -0.15) is 4.31 Å². The average molecular weight is 568 g/mol. The van der Waals surface area contributed by atoms with Crippen molar-refractivity contribution in [1.29, 1.82) is 0 Å². The van der Waals surface area contributed by atoms with Crippen molar-refractivity contribution >= 4 is 51.1 Å². The molecular weight excluding hydrogens is 534 g/mol. The minimum absolute atomic E-state index is 0.0164. The molecule has 0 spiro atoms. The summed E-state index contributed by atoms with van der Waals surface area (Å²) in [6.45, 7) is 7.04. The molecule has 0 bridgehead atoms. The normalized spacial score (nSPS) is 23.0. The Morgan fingerprint density at radius 1 is 1.24 bits per heavy atom. The van der Waals surface area contributed by atoms with Crippen LogP contribution in [0.1, 0.15) is 51.2 Å². The molecule has 0 N–H and O–H groups in total. The minimum Gasteiger partial charge on any atom is -0.444 e. The van der Waals surface area contributed by atoms with Crippen LogP contribution in [0.5, 0.6) is 0 Å². The summed E-state index contributed by atoms with van der Waals surface area (Å²) in [6.07, 6.45) is 5.84. The van der Waals surface area contributed by atoms with Gasteiger partial charge < -0.3 is 14.5 Å². The molecule has 0 radical (unpaired) electrons. The number of benzene rings is 1. The summed E-state index contributed by atoms with van der Waals surface area (Å²) in [7, 11) is -2.30. The Morgan fingerprint density at radius 2 is 2.00 bits per heavy atom. The van der Waals surface area contributed by atoms with Crippen LogP contribution >= 0.6 is 23.4 Å². The van der Waals surface area contributed by atoms with E-state index in [9.17, 15) is 18.0 Å². The number of fused-ring (bicyclic) bond motifs is 1. The summed E-state index contributed by atoms with van der Waals surface area (Å²) in [5.41, 5.74) is 2.31. The number of likely N-dealkylation sites (N-methyl/N-ethyl adjacent to an activating group) is 1. The first-order valence-corrected chi connectivity index (χ1v) is 15.2. The van der Waals surface area contributed by atoms with Gasteiger partial charge in [0.05, 0.1) is 4.36 Å². The Balaban J connectivity index is 1.43. The molecular formula is C26H34ClN3O5S2. The van der Waals surface area contributed by atoms with Gasteiger partial charge in [0.2, 0.25) is 15.9 Å². The lowest BCUT2D eigenvalue weighted by Gasteiger charge is -2.26. The number of nitrogens with zero attached hydrogens (tertiary/aromatic N) is 3. The number of thioether (sulfide) groups is 1. The molecule has 0 aromatic heterocycles. The van der Waals surface area contributed by atoms with Crippen LogP contribution < -0.4 is 4.90 Å². The number of aryl methyl sites for hydroxylation is 1. The first kappa shape index (κ1) is 28.0. The maximum atomic E-state index is 13.3. The number of hydrogen-bond donors (Lipinski definition) is 0. The molecule has 1 aromatic rings. The summed E-state index contributed by atoms with van der Waals surface area (Å²) in [5, 5.41) is 1.17. The lowest BCUT2D eigenvalue weighted by molar-refractivity contribution is -0.120. The zero-order chi connectivity index (χ0) is 27.0. The predicted molar refractivity (Wildman–Crippen MR) is 148 cm³/mol. The molecule has 0 aliphatic carbocycles. The number of anilines is 1. The highest BCUT2D eigenvalue weighted by Crippen LogP contribution is 2.36. The number of hydrogen-bond acceptors (Lipinski definition) is 6. The fraction of sp³-hybridized carbons (Fsp3) is 0.538. The van der Waals surface area contributed by atoms with Gasteiger partial charge >= 0.3 is 6.09 Å². The number of allylic oxidation sites excluding steroid dienone is 1. The molecule has 3 aliphatic rings. The van der Waals surface area contributed by atoms with Crippen molar-refractivity contribution < 1.29 is 22.7 Å². The van der Waals surface area contributed by atoms with Crippen molar-refractivity contribution in [2.75, 3.05) is 25.0 Å². The molecule has 0 saturated carbocycles. The van der Waals surface area contributed by atoms with E-state index in [1.54, 1.807) is 15.9 Å². The van der Waals surface area contributed by atoms with Gasteiger partial charge in [0, 0.05) is 43.0 Å². The number of carbonyl (C=O) groups is 2. The number of carbonyl (C=O) groups excluding carboxylic acids is 2. The van der Waals surface area contributed by atoms with E-state index >= 15 is 0 Å². The van der Waals surface area contributed by atoms with Crippen LogP contribution in [0.25, 0.3) is 0 Å². The SMILES string of the molecule is CN([C@H]1CCN(c2ccc3c(c2)CCCN(C(=O)OC(C)(C)C)C3)C1=O)S(=O)(=O)/C=C/C1CC=C(Cl)S1. The van der Waals surface area contributed by atoms with E-state index < -0.39 is 21.7 Å². The number of rotatable bonds is 5. The molecule has 202 valence electrons. The zero-order valence-corrected chi connectivity index (χ0v) is 24.0. The summed E-state index contributed by atoms with van der Waals surface area (Å²) < 4.78 is 33.2. The van der Waals surface area contributed by atoms with Crippen molar-refractivity contribution in [2.45, 2.75) is 69.9 Å². The van der Waals surface area contributed by atoms with Gasteiger partial charge in [-0.1, -0.05) is 29.8 Å². The van der Waals surface area contributed by atoms with Gasteiger partial charge in [0.15, 0.2) is 0 Å². The monoisotopic (exact) mass is 567 g/mol. The summed E-state index contributed by atoms with van der Waals surface area (Å²) in [6, 6.07) is 5.07. The van der Waals surface area contributed by atoms with E-state index in [1.807, 2.05) is 45.0 Å². The first-order valence-electron chi connectivity index (χ1n) is 12.4. The molecule has 4 rings (SSSR count). The molecule has 37 heavy (non-hydrogen) atoms. The van der Waals surface area contributed by atoms with Gasteiger partial charge in [-0.15, -0.1) is 11.8 Å². The van der Waals surface area contributed by atoms with Crippen molar-refractivity contribution in [2.24, 2.45) is 0 Å². The van der Waals surface area contributed by atoms with Crippen LogP contribution in [0.4, 0.5) is 10.5 Å². The lowest BCUT2D eigenvalue weighted by Crippen LogP contribution is -2.42. The van der Waals surface area contributed by atoms with Gasteiger partial charge in [-0.05, 0) is 69.7 Å². The van der Waals surface area contributed by atoms with Gasteiger partial charge in [-0.3, -0.25) is 4.79 Å². The smallest absolute Gasteiger partial charge is 0.410 e. The molecule has 3 heterocycles. The average Bonchev–Trinajstić information content (AvgIpc) is 3.33. The fourth-order valence-corrected chi connectivity index (χ4v) is 7.17. The minimum atomic E-state index is -3.76. The van der Waals surface area contributed by atoms with Crippen LogP contribution in [0.2, 0.25) is 0 Å². The van der Waals surface area contributed by atoms with E-state index in [1.165, 1.54) is 28.5 Å². The van der Waals surface area contributed by atoms with Crippen LogP contribution in [0, 0.1) is 0 Å². The Hall–Kier alpha value is -2.01. The van der Waals surface area contributed by atoms with E-state index in [2.05, 4.69) is 0 Å². The van der Waals surface area contributed by atoms with Crippen LogP contribution in [0.3, 0.4) is 0 Å².